The Hall–Kier alpha value is -2.14. The molecule has 1 unspecified atom stereocenters. The van der Waals surface area contributed by atoms with Gasteiger partial charge < -0.3 is 20.8 Å². The lowest BCUT2D eigenvalue weighted by atomic mass is 10.0. The molecule has 172 valence electrons. The average molecular weight is 455 g/mol. The van der Waals surface area contributed by atoms with Gasteiger partial charge in [0.25, 0.3) is 0 Å². The molecule has 11 heteroatoms. The summed E-state index contributed by atoms with van der Waals surface area (Å²) >= 11 is 1.84. The molecule has 3 aliphatic heterocycles. The van der Waals surface area contributed by atoms with E-state index in [2.05, 4.69) is 16.0 Å². The second kappa shape index (κ2) is 11.5. The molecule has 3 aliphatic rings. The van der Waals surface area contributed by atoms with E-state index in [1.165, 1.54) is 5.06 Å². The summed E-state index contributed by atoms with van der Waals surface area (Å²) in [6.07, 6.45) is 4.36. The van der Waals surface area contributed by atoms with Crippen LogP contribution in [0.2, 0.25) is 0 Å². The molecule has 3 fully saturated rings. The van der Waals surface area contributed by atoms with Gasteiger partial charge in [-0.05, 0) is 25.7 Å². The Morgan fingerprint density at radius 2 is 1.84 bits per heavy atom. The summed E-state index contributed by atoms with van der Waals surface area (Å²) in [6.45, 7) is 1.10. The number of fused-ring (bicyclic) bond motifs is 1. The van der Waals surface area contributed by atoms with E-state index in [-0.39, 0.29) is 49.2 Å². The molecule has 3 amide bonds. The van der Waals surface area contributed by atoms with Crippen LogP contribution in [0.3, 0.4) is 0 Å². The first-order valence-electron chi connectivity index (χ1n) is 10.9. The SMILES string of the molecule is O=C(CCC(=O)C(=O)ON1CCCC1)CNC(=O)CCCCC1SC[C@@H]2NC(=O)N[C@H]12. The van der Waals surface area contributed by atoms with Crippen molar-refractivity contribution in [3.63, 3.8) is 0 Å². The number of rotatable bonds is 12. The topological polar surface area (TPSA) is 134 Å². The van der Waals surface area contributed by atoms with Gasteiger partial charge in [0.05, 0.1) is 18.6 Å². The van der Waals surface area contributed by atoms with Crippen molar-refractivity contribution in [2.24, 2.45) is 0 Å². The van der Waals surface area contributed by atoms with Gasteiger partial charge in [-0.3, -0.25) is 14.4 Å². The molecule has 3 N–H and O–H groups in total. The summed E-state index contributed by atoms with van der Waals surface area (Å²) in [7, 11) is 0. The molecule has 0 spiro atoms. The summed E-state index contributed by atoms with van der Waals surface area (Å²) < 4.78 is 0. The third-order valence-corrected chi connectivity index (χ3v) is 7.21. The molecule has 0 aromatic rings. The number of hydroxylamine groups is 2. The Bertz CT molecular complexity index is 712. The maximum Gasteiger partial charge on any atom is 0.393 e. The molecule has 3 atom stereocenters. The van der Waals surface area contributed by atoms with E-state index < -0.39 is 11.8 Å². The van der Waals surface area contributed by atoms with Crippen molar-refractivity contribution in [2.45, 2.75) is 68.7 Å². The fraction of sp³-hybridized carbons (Fsp3) is 0.750. The second-order valence-electron chi connectivity index (χ2n) is 8.12. The number of Topliss-reactive ketones (excluding diaryl/α,β-unsaturated/α-hetero) is 2. The Kier molecular flexibility index (Phi) is 8.70. The second-order valence-corrected chi connectivity index (χ2v) is 9.39. The van der Waals surface area contributed by atoms with Gasteiger partial charge in [0.2, 0.25) is 11.7 Å². The van der Waals surface area contributed by atoms with Crippen molar-refractivity contribution in [1.29, 1.82) is 0 Å². The van der Waals surface area contributed by atoms with Crippen LogP contribution in [0.5, 0.6) is 0 Å². The van der Waals surface area contributed by atoms with Crippen LogP contribution in [0.1, 0.15) is 51.4 Å². The molecule has 0 radical (unpaired) electrons. The largest absolute Gasteiger partial charge is 0.393 e. The van der Waals surface area contributed by atoms with Gasteiger partial charge in [0, 0.05) is 43.4 Å². The van der Waals surface area contributed by atoms with Gasteiger partial charge in [0.1, 0.15) is 0 Å². The highest BCUT2D eigenvalue weighted by atomic mass is 32.2. The maximum absolute atomic E-state index is 11.9. The summed E-state index contributed by atoms with van der Waals surface area (Å²) in [5.41, 5.74) is 0. The third-order valence-electron chi connectivity index (χ3n) is 5.70. The fourth-order valence-corrected chi connectivity index (χ4v) is 5.49. The van der Waals surface area contributed by atoms with Crippen LogP contribution >= 0.6 is 11.8 Å². The summed E-state index contributed by atoms with van der Waals surface area (Å²) in [6, 6.07) is 0.264. The highest BCUT2D eigenvalue weighted by Gasteiger charge is 2.42. The van der Waals surface area contributed by atoms with Gasteiger partial charge in [-0.25, -0.2) is 9.59 Å². The van der Waals surface area contributed by atoms with Crippen LogP contribution in [0, 0.1) is 0 Å². The van der Waals surface area contributed by atoms with Crippen LogP contribution < -0.4 is 16.0 Å². The lowest BCUT2D eigenvalue weighted by Gasteiger charge is -2.16. The van der Waals surface area contributed by atoms with Gasteiger partial charge in [-0.1, -0.05) is 6.42 Å². The Balaban J connectivity index is 1.21. The number of carbonyl (C=O) groups excluding carboxylic acids is 5. The monoisotopic (exact) mass is 454 g/mol. The molecule has 3 saturated heterocycles. The van der Waals surface area contributed by atoms with Crippen LogP contribution in [-0.2, 0) is 24.0 Å². The van der Waals surface area contributed by atoms with E-state index in [1.54, 1.807) is 0 Å². The summed E-state index contributed by atoms with van der Waals surface area (Å²) in [4.78, 5) is 63.6. The zero-order valence-corrected chi connectivity index (χ0v) is 18.3. The molecule has 3 heterocycles. The van der Waals surface area contributed by atoms with Gasteiger partial charge in [-0.15, -0.1) is 5.06 Å². The number of amides is 3. The molecular weight excluding hydrogens is 424 g/mol. The first-order chi connectivity index (χ1) is 14.9. The highest BCUT2D eigenvalue weighted by molar-refractivity contribution is 8.00. The van der Waals surface area contributed by atoms with Crippen LogP contribution in [-0.4, -0.2) is 77.3 Å². The van der Waals surface area contributed by atoms with Crippen LogP contribution in [0.25, 0.3) is 0 Å². The van der Waals surface area contributed by atoms with Gasteiger partial charge in [0.15, 0.2) is 5.78 Å². The first-order valence-corrected chi connectivity index (χ1v) is 11.9. The lowest BCUT2D eigenvalue weighted by Crippen LogP contribution is -2.36. The number of hydrogen-bond acceptors (Lipinski definition) is 8. The molecule has 0 aromatic carbocycles. The summed E-state index contributed by atoms with van der Waals surface area (Å²) in [5.74, 6) is -1.25. The molecule has 0 aliphatic carbocycles. The minimum atomic E-state index is -0.932. The normalized spacial score (nSPS) is 24.9. The number of urea groups is 1. The van der Waals surface area contributed by atoms with E-state index in [4.69, 9.17) is 4.84 Å². The number of nitrogens with one attached hydrogen (secondary N) is 3. The van der Waals surface area contributed by atoms with E-state index in [0.717, 1.165) is 31.4 Å². The Morgan fingerprint density at radius 1 is 1.06 bits per heavy atom. The number of carbonyl (C=O) groups is 5. The van der Waals surface area contributed by atoms with Crippen LogP contribution in [0.15, 0.2) is 0 Å². The van der Waals surface area contributed by atoms with Crippen molar-refractivity contribution in [2.75, 3.05) is 25.4 Å². The molecule has 0 bridgehead atoms. The molecule has 10 nitrogen and oxygen atoms in total. The molecule has 3 rings (SSSR count). The van der Waals surface area contributed by atoms with Crippen molar-refractivity contribution in [1.82, 2.24) is 21.0 Å². The van der Waals surface area contributed by atoms with Gasteiger partial charge in [-0.2, -0.15) is 11.8 Å². The molecule has 31 heavy (non-hydrogen) atoms. The number of hydrogen-bond donors (Lipinski definition) is 3. The average Bonchev–Trinajstić information content (AvgIpc) is 3.46. The molecule has 0 saturated carbocycles. The molecule has 0 aromatic heterocycles. The molecular formula is C20H30N4O6S. The zero-order chi connectivity index (χ0) is 22.2. The Morgan fingerprint density at radius 3 is 2.61 bits per heavy atom. The standard InChI is InChI=1S/C20H30N4O6S/c25-13(7-8-15(26)19(28)30-24-9-3-4-10-24)11-21-17(27)6-2-1-5-16-18-14(12-31-16)22-20(29)23-18/h14,16,18H,1-12H2,(H,21,27)(H2,22,23,29)/t14-,16?,18-/m0/s1. The maximum atomic E-state index is 11.9. The number of thioether (sulfide) groups is 1. The smallest absolute Gasteiger partial charge is 0.362 e. The quantitative estimate of drug-likeness (QED) is 0.218. The van der Waals surface area contributed by atoms with E-state index in [1.807, 2.05) is 11.8 Å². The van der Waals surface area contributed by atoms with Crippen molar-refractivity contribution in [3.05, 3.63) is 0 Å². The number of ketones is 2. The van der Waals surface area contributed by atoms with Gasteiger partial charge >= 0.3 is 12.0 Å². The van der Waals surface area contributed by atoms with Crippen LogP contribution in [0.4, 0.5) is 4.79 Å². The fourth-order valence-electron chi connectivity index (χ4n) is 3.95. The van der Waals surface area contributed by atoms with Crippen molar-refractivity contribution in [3.8, 4) is 0 Å². The summed E-state index contributed by atoms with van der Waals surface area (Å²) in [5, 5.41) is 10.3. The lowest BCUT2D eigenvalue weighted by molar-refractivity contribution is -0.187. The van der Waals surface area contributed by atoms with E-state index in [0.29, 0.717) is 31.2 Å². The minimum Gasteiger partial charge on any atom is -0.362 e. The van der Waals surface area contributed by atoms with Crippen molar-refractivity contribution >= 4 is 41.2 Å². The van der Waals surface area contributed by atoms with E-state index in [9.17, 15) is 24.0 Å². The highest BCUT2D eigenvalue weighted by Crippen LogP contribution is 2.33. The predicted octanol–water partition coefficient (Wildman–Crippen LogP) is 0.301. The zero-order valence-electron chi connectivity index (χ0n) is 17.5. The number of nitrogens with zero attached hydrogens (tertiary/aromatic N) is 1. The van der Waals surface area contributed by atoms with Crippen molar-refractivity contribution < 1.29 is 28.8 Å². The third kappa shape index (κ3) is 7.20. The van der Waals surface area contributed by atoms with E-state index >= 15 is 0 Å². The predicted molar refractivity (Wildman–Crippen MR) is 113 cm³/mol. The first kappa shape index (κ1) is 23.5. The Labute approximate surface area is 185 Å². The minimum absolute atomic E-state index is 0.102. The number of unbranched alkanes of at least 4 members (excludes halogenated alkanes) is 1.